The summed E-state index contributed by atoms with van der Waals surface area (Å²) in [5.41, 5.74) is 7.25. The maximum Gasteiger partial charge on any atom is 0.242 e. The number of aliphatic hydroxyl groups is 1. The average Bonchev–Trinajstić information content (AvgIpc) is 3.72. The third kappa shape index (κ3) is 9.11. The number of allylic oxidation sites excluding steroid dienone is 4. The summed E-state index contributed by atoms with van der Waals surface area (Å²) in [6, 6.07) is -1.000. The molecule has 210 valence electrons. The fraction of sp³-hybridized carbons (Fsp3) is 0.655. The Kier molecular flexibility index (Phi) is 9.41. The van der Waals surface area contributed by atoms with Crippen molar-refractivity contribution < 1.29 is 14.7 Å². The largest absolute Gasteiger partial charge is 0.511 e. The molecule has 0 aromatic heterocycles. The zero-order valence-corrected chi connectivity index (χ0v) is 23.5. The van der Waals surface area contributed by atoms with E-state index in [-0.39, 0.29) is 17.9 Å². The summed E-state index contributed by atoms with van der Waals surface area (Å²) in [6.07, 6.45) is 10.5. The first-order valence-corrected chi connectivity index (χ1v) is 14.2. The number of nitrogens with one attached hydrogen (secondary N) is 5. The van der Waals surface area contributed by atoms with Crippen molar-refractivity contribution in [1.82, 2.24) is 31.5 Å². The highest BCUT2D eigenvalue weighted by Crippen LogP contribution is 2.33. The molecule has 3 unspecified atom stereocenters. The molecule has 0 aromatic rings. The fourth-order valence-electron chi connectivity index (χ4n) is 4.41. The van der Waals surface area contributed by atoms with Gasteiger partial charge in [-0.3, -0.25) is 14.5 Å². The SMILES string of the molecule is CC(NC(CN(C)CC(O)=C1CC1)=C1CC1)C(=O)NC(C)C(NC(C)C(=O)NCCNC=C1CC1)=C1CC1. The van der Waals surface area contributed by atoms with Crippen molar-refractivity contribution in [3.8, 4) is 0 Å². The summed E-state index contributed by atoms with van der Waals surface area (Å²) in [5, 5.41) is 26.3. The van der Waals surface area contributed by atoms with Gasteiger partial charge in [0.1, 0.15) is 17.8 Å². The van der Waals surface area contributed by atoms with E-state index in [1.807, 2.05) is 34.0 Å². The van der Waals surface area contributed by atoms with E-state index in [4.69, 9.17) is 0 Å². The molecule has 0 bridgehead atoms. The van der Waals surface area contributed by atoms with E-state index in [9.17, 15) is 14.7 Å². The number of amides is 2. The first kappa shape index (κ1) is 28.1. The van der Waals surface area contributed by atoms with Crippen LogP contribution in [0.5, 0.6) is 0 Å². The van der Waals surface area contributed by atoms with Crippen molar-refractivity contribution in [2.75, 3.05) is 33.2 Å². The third-order valence-corrected chi connectivity index (χ3v) is 7.32. The smallest absolute Gasteiger partial charge is 0.242 e. The van der Waals surface area contributed by atoms with E-state index in [0.717, 1.165) is 55.5 Å². The van der Waals surface area contributed by atoms with Gasteiger partial charge in [0, 0.05) is 31.0 Å². The Bertz CT molecular complexity index is 1020. The number of carbonyl (C=O) groups is 2. The predicted molar refractivity (Wildman–Crippen MR) is 150 cm³/mol. The molecule has 4 saturated carbocycles. The molecule has 3 atom stereocenters. The van der Waals surface area contributed by atoms with E-state index in [1.165, 1.54) is 29.6 Å². The molecule has 0 aromatic carbocycles. The van der Waals surface area contributed by atoms with Crippen LogP contribution in [0.15, 0.2) is 45.6 Å². The normalized spacial score (nSPS) is 19.2. The second kappa shape index (κ2) is 12.7. The molecule has 4 fully saturated rings. The Morgan fingerprint density at radius 3 is 2.03 bits per heavy atom. The average molecular weight is 527 g/mol. The van der Waals surface area contributed by atoms with Crippen LogP contribution >= 0.6 is 0 Å². The second-order valence-corrected chi connectivity index (χ2v) is 11.3. The van der Waals surface area contributed by atoms with Crippen molar-refractivity contribution in [3.05, 3.63) is 45.6 Å². The number of aliphatic hydroxyl groups excluding tert-OH is 1. The molecule has 4 aliphatic rings. The molecule has 0 aliphatic heterocycles. The molecule has 4 aliphatic carbocycles. The number of carbonyl (C=O) groups excluding carboxylic acids is 2. The molecule has 0 radical (unpaired) electrons. The number of nitrogens with zero attached hydrogens (tertiary/aromatic N) is 1. The summed E-state index contributed by atoms with van der Waals surface area (Å²) in [5.74, 6) is 0.368. The highest BCUT2D eigenvalue weighted by Gasteiger charge is 2.28. The minimum Gasteiger partial charge on any atom is -0.511 e. The van der Waals surface area contributed by atoms with Gasteiger partial charge in [-0.15, -0.1) is 0 Å². The second-order valence-electron chi connectivity index (χ2n) is 11.3. The van der Waals surface area contributed by atoms with Gasteiger partial charge in [-0.25, -0.2) is 0 Å². The lowest BCUT2D eigenvalue weighted by molar-refractivity contribution is -0.123. The summed E-state index contributed by atoms with van der Waals surface area (Å²) in [6.45, 7) is 8.21. The van der Waals surface area contributed by atoms with E-state index in [2.05, 4.69) is 31.5 Å². The first-order chi connectivity index (χ1) is 18.2. The third-order valence-electron chi connectivity index (χ3n) is 7.32. The van der Waals surface area contributed by atoms with Crippen molar-refractivity contribution in [2.24, 2.45) is 0 Å². The van der Waals surface area contributed by atoms with E-state index >= 15 is 0 Å². The van der Waals surface area contributed by atoms with Gasteiger partial charge in [-0.2, -0.15) is 0 Å². The maximum absolute atomic E-state index is 13.1. The summed E-state index contributed by atoms with van der Waals surface area (Å²) in [7, 11) is 2.00. The summed E-state index contributed by atoms with van der Waals surface area (Å²) in [4.78, 5) is 27.8. The van der Waals surface area contributed by atoms with E-state index < -0.39 is 12.1 Å². The molecule has 6 N–H and O–H groups in total. The first-order valence-electron chi connectivity index (χ1n) is 14.2. The van der Waals surface area contributed by atoms with Gasteiger partial charge in [0.15, 0.2) is 0 Å². The van der Waals surface area contributed by atoms with Crippen LogP contribution in [0, 0.1) is 0 Å². The molecule has 0 spiro atoms. The zero-order valence-electron chi connectivity index (χ0n) is 23.5. The van der Waals surface area contributed by atoms with Crippen LogP contribution in [-0.2, 0) is 9.59 Å². The number of hydrogen-bond donors (Lipinski definition) is 6. The topological polar surface area (TPSA) is 118 Å². The monoisotopic (exact) mass is 526 g/mol. The van der Waals surface area contributed by atoms with E-state index in [0.29, 0.717) is 31.9 Å². The number of hydrogen-bond acceptors (Lipinski definition) is 7. The molecule has 2 amide bonds. The van der Waals surface area contributed by atoms with Gasteiger partial charge in [-0.1, -0.05) is 5.57 Å². The molecule has 9 heteroatoms. The van der Waals surface area contributed by atoms with Gasteiger partial charge >= 0.3 is 0 Å². The van der Waals surface area contributed by atoms with Crippen molar-refractivity contribution >= 4 is 11.8 Å². The Morgan fingerprint density at radius 1 is 0.789 bits per heavy atom. The quantitative estimate of drug-likeness (QED) is 0.135. The fourth-order valence-corrected chi connectivity index (χ4v) is 4.41. The van der Waals surface area contributed by atoms with Gasteiger partial charge in [0.2, 0.25) is 11.8 Å². The van der Waals surface area contributed by atoms with Crippen LogP contribution in [-0.4, -0.2) is 73.2 Å². The zero-order chi connectivity index (χ0) is 27.2. The lowest BCUT2D eigenvalue weighted by Gasteiger charge is -2.26. The molecular formula is C29H46N6O3. The molecular weight excluding hydrogens is 480 g/mol. The van der Waals surface area contributed by atoms with Gasteiger partial charge in [0.05, 0.1) is 12.6 Å². The number of likely N-dealkylation sites (N-methyl/N-ethyl adjacent to an activating group) is 1. The van der Waals surface area contributed by atoms with Crippen LogP contribution in [0.25, 0.3) is 0 Å². The lowest BCUT2D eigenvalue weighted by atomic mass is 10.1. The Balaban J connectivity index is 1.22. The maximum atomic E-state index is 13.1. The van der Waals surface area contributed by atoms with E-state index in [1.54, 1.807) is 0 Å². The van der Waals surface area contributed by atoms with Crippen molar-refractivity contribution in [1.29, 1.82) is 0 Å². The Labute approximate surface area is 227 Å². The predicted octanol–water partition coefficient (Wildman–Crippen LogP) is 2.46. The van der Waals surface area contributed by atoms with Gasteiger partial charge in [0.25, 0.3) is 0 Å². The Morgan fingerprint density at radius 2 is 1.42 bits per heavy atom. The van der Waals surface area contributed by atoms with Crippen LogP contribution in [0.2, 0.25) is 0 Å². The summed E-state index contributed by atoms with van der Waals surface area (Å²) < 4.78 is 0. The van der Waals surface area contributed by atoms with Crippen molar-refractivity contribution in [3.63, 3.8) is 0 Å². The van der Waals surface area contributed by atoms with Crippen LogP contribution in [0.1, 0.15) is 72.1 Å². The molecule has 38 heavy (non-hydrogen) atoms. The minimum atomic E-state index is -0.395. The van der Waals surface area contributed by atoms with Gasteiger partial charge < -0.3 is 31.7 Å². The lowest BCUT2D eigenvalue weighted by Crippen LogP contribution is -2.50. The Hall–Kier alpha value is -2.94. The highest BCUT2D eigenvalue weighted by molar-refractivity contribution is 5.83. The molecule has 4 rings (SSSR count). The van der Waals surface area contributed by atoms with Crippen LogP contribution in [0.3, 0.4) is 0 Å². The van der Waals surface area contributed by atoms with Crippen LogP contribution in [0.4, 0.5) is 0 Å². The summed E-state index contributed by atoms with van der Waals surface area (Å²) >= 11 is 0. The van der Waals surface area contributed by atoms with Gasteiger partial charge in [-0.05, 0) is 102 Å². The number of rotatable bonds is 16. The van der Waals surface area contributed by atoms with Crippen LogP contribution < -0.4 is 26.6 Å². The minimum absolute atomic E-state index is 0.0497. The highest BCUT2D eigenvalue weighted by atomic mass is 16.3. The molecule has 0 saturated heterocycles. The standard InChI is InChI=1S/C29H46N6O3/c1-18(27(24-11-12-24)33-19(2)28(37)31-14-13-30-15-21-5-6-21)34-29(38)20(3)32-25(22-7-8-22)16-35(4)17-26(36)23-9-10-23/h15,18-20,30,32-33,36H,5-14,16-17H2,1-4H3,(H,31,37)(H,34,38). The molecule has 0 heterocycles. The molecule has 9 nitrogen and oxygen atoms in total. The van der Waals surface area contributed by atoms with Crippen molar-refractivity contribution in [2.45, 2.75) is 90.3 Å².